The van der Waals surface area contributed by atoms with E-state index in [-0.39, 0.29) is 17.1 Å². The van der Waals surface area contributed by atoms with Gasteiger partial charge in [-0.15, -0.1) is 0 Å². The standard InChI is InChI=1S/C17H19F3N4O3/c1-9-12(6-7-21-14(9)23-15(26)27-16(3,4)5)24-13(17(18,19)20)11(8-22-24)10(2)25/h6-8H,1-5H3,(H,21,23,26). The number of nitrogens with zero attached hydrogens (tertiary/aromatic N) is 3. The average Bonchev–Trinajstić information content (AvgIpc) is 2.92. The van der Waals surface area contributed by atoms with Gasteiger partial charge in [-0.2, -0.15) is 18.3 Å². The van der Waals surface area contributed by atoms with Crippen molar-refractivity contribution in [3.63, 3.8) is 0 Å². The largest absolute Gasteiger partial charge is 0.444 e. The molecular weight excluding hydrogens is 365 g/mol. The number of ether oxygens (including phenoxy) is 1. The zero-order valence-corrected chi connectivity index (χ0v) is 15.4. The van der Waals surface area contributed by atoms with Gasteiger partial charge in [0.15, 0.2) is 11.5 Å². The summed E-state index contributed by atoms with van der Waals surface area (Å²) in [6.45, 7) is 7.53. The maximum atomic E-state index is 13.5. The SMILES string of the molecule is CC(=O)c1cnn(-c2ccnc(NC(=O)OC(C)(C)C)c2C)c1C(F)(F)F. The van der Waals surface area contributed by atoms with Crippen molar-refractivity contribution in [1.29, 1.82) is 0 Å². The third kappa shape index (κ3) is 4.63. The number of hydrogen-bond acceptors (Lipinski definition) is 5. The summed E-state index contributed by atoms with van der Waals surface area (Å²) in [5, 5.41) is 6.12. The molecule has 0 aliphatic heterocycles. The monoisotopic (exact) mass is 384 g/mol. The Bertz CT molecular complexity index is 883. The zero-order chi connectivity index (χ0) is 20.6. The van der Waals surface area contributed by atoms with Gasteiger partial charge in [0.05, 0.1) is 17.4 Å². The number of aromatic nitrogens is 3. The highest BCUT2D eigenvalue weighted by Crippen LogP contribution is 2.35. The molecule has 1 amide bonds. The van der Waals surface area contributed by atoms with Crippen LogP contribution in [0.3, 0.4) is 0 Å². The molecule has 0 bridgehead atoms. The van der Waals surface area contributed by atoms with Crippen molar-refractivity contribution in [2.24, 2.45) is 0 Å². The van der Waals surface area contributed by atoms with Crippen LogP contribution in [0.5, 0.6) is 0 Å². The van der Waals surface area contributed by atoms with E-state index >= 15 is 0 Å². The van der Waals surface area contributed by atoms with Crippen LogP contribution in [0.25, 0.3) is 5.69 Å². The number of alkyl halides is 3. The minimum atomic E-state index is -4.80. The molecular formula is C17H19F3N4O3. The second-order valence-electron chi connectivity index (χ2n) is 6.80. The van der Waals surface area contributed by atoms with Crippen LogP contribution in [0.4, 0.5) is 23.8 Å². The van der Waals surface area contributed by atoms with Crippen molar-refractivity contribution in [2.75, 3.05) is 5.32 Å². The van der Waals surface area contributed by atoms with E-state index < -0.39 is 34.9 Å². The molecule has 27 heavy (non-hydrogen) atoms. The topological polar surface area (TPSA) is 86.1 Å². The predicted octanol–water partition coefficient (Wildman–Crippen LogP) is 4.14. The Morgan fingerprint density at radius 2 is 1.85 bits per heavy atom. The maximum absolute atomic E-state index is 13.5. The molecule has 2 aromatic rings. The molecule has 0 spiro atoms. The van der Waals surface area contributed by atoms with Gasteiger partial charge in [0.2, 0.25) is 0 Å². The van der Waals surface area contributed by atoms with Gasteiger partial charge in [0.25, 0.3) is 0 Å². The molecule has 146 valence electrons. The third-order valence-electron chi connectivity index (χ3n) is 3.44. The van der Waals surface area contributed by atoms with Gasteiger partial charge < -0.3 is 4.74 Å². The molecule has 0 saturated carbocycles. The Morgan fingerprint density at radius 3 is 2.37 bits per heavy atom. The van der Waals surface area contributed by atoms with Crippen LogP contribution >= 0.6 is 0 Å². The van der Waals surface area contributed by atoms with Crippen molar-refractivity contribution < 1.29 is 27.5 Å². The average molecular weight is 384 g/mol. The first kappa shape index (κ1) is 20.4. The Balaban J connectivity index is 2.50. The molecule has 0 atom stereocenters. The highest BCUT2D eigenvalue weighted by Gasteiger charge is 2.40. The number of carbonyl (C=O) groups excluding carboxylic acids is 2. The predicted molar refractivity (Wildman–Crippen MR) is 91.0 cm³/mol. The Labute approximate surface area is 153 Å². The molecule has 0 aliphatic rings. The molecule has 0 saturated heterocycles. The number of amides is 1. The van der Waals surface area contributed by atoms with E-state index in [2.05, 4.69) is 15.4 Å². The maximum Gasteiger partial charge on any atom is 0.434 e. The number of pyridine rings is 1. The van der Waals surface area contributed by atoms with Crippen LogP contribution in [0.15, 0.2) is 18.5 Å². The highest BCUT2D eigenvalue weighted by atomic mass is 19.4. The van der Waals surface area contributed by atoms with Crippen molar-refractivity contribution in [3.8, 4) is 5.69 Å². The Hall–Kier alpha value is -2.91. The molecule has 7 nitrogen and oxygen atoms in total. The second kappa shape index (κ2) is 7.01. The first-order valence-electron chi connectivity index (χ1n) is 7.93. The van der Waals surface area contributed by atoms with Crippen LogP contribution in [-0.4, -0.2) is 32.2 Å². The van der Waals surface area contributed by atoms with E-state index in [0.29, 0.717) is 4.68 Å². The molecule has 10 heteroatoms. The summed E-state index contributed by atoms with van der Waals surface area (Å²) in [7, 11) is 0. The molecule has 2 rings (SSSR count). The van der Waals surface area contributed by atoms with Crippen LogP contribution in [0, 0.1) is 6.92 Å². The molecule has 1 N–H and O–H groups in total. The lowest BCUT2D eigenvalue weighted by molar-refractivity contribution is -0.143. The molecule has 0 aromatic carbocycles. The lowest BCUT2D eigenvalue weighted by Crippen LogP contribution is -2.28. The number of hydrogen-bond donors (Lipinski definition) is 1. The summed E-state index contributed by atoms with van der Waals surface area (Å²) >= 11 is 0. The van der Waals surface area contributed by atoms with Gasteiger partial charge in [0, 0.05) is 11.8 Å². The quantitative estimate of drug-likeness (QED) is 0.804. The van der Waals surface area contributed by atoms with E-state index in [4.69, 9.17) is 4.74 Å². The van der Waals surface area contributed by atoms with Crippen LogP contribution < -0.4 is 5.32 Å². The minimum absolute atomic E-state index is 0.0229. The Morgan fingerprint density at radius 1 is 1.22 bits per heavy atom. The lowest BCUT2D eigenvalue weighted by Gasteiger charge is -2.20. The first-order valence-corrected chi connectivity index (χ1v) is 7.93. The molecule has 2 aromatic heterocycles. The van der Waals surface area contributed by atoms with Crippen molar-refractivity contribution in [1.82, 2.24) is 14.8 Å². The molecule has 0 aliphatic carbocycles. The number of anilines is 1. The van der Waals surface area contributed by atoms with E-state index in [1.54, 1.807) is 20.8 Å². The fraction of sp³-hybridized carbons (Fsp3) is 0.412. The summed E-state index contributed by atoms with van der Waals surface area (Å²) in [5.74, 6) is -0.734. The minimum Gasteiger partial charge on any atom is -0.444 e. The fourth-order valence-corrected chi connectivity index (χ4v) is 2.34. The zero-order valence-electron chi connectivity index (χ0n) is 15.4. The molecule has 2 heterocycles. The van der Waals surface area contributed by atoms with Gasteiger partial charge in [-0.1, -0.05) is 0 Å². The summed E-state index contributed by atoms with van der Waals surface area (Å²) in [4.78, 5) is 27.4. The summed E-state index contributed by atoms with van der Waals surface area (Å²) in [6, 6.07) is 1.31. The van der Waals surface area contributed by atoms with E-state index in [1.807, 2.05) is 0 Å². The van der Waals surface area contributed by atoms with Crippen LogP contribution in [0.2, 0.25) is 0 Å². The summed E-state index contributed by atoms with van der Waals surface area (Å²) in [5.41, 5.74) is -2.23. The first-order chi connectivity index (χ1) is 12.3. The summed E-state index contributed by atoms with van der Waals surface area (Å²) < 4.78 is 46.2. The molecule has 0 unspecified atom stereocenters. The van der Waals surface area contributed by atoms with Gasteiger partial charge in [-0.3, -0.25) is 10.1 Å². The van der Waals surface area contributed by atoms with Crippen LogP contribution in [-0.2, 0) is 10.9 Å². The highest BCUT2D eigenvalue weighted by molar-refractivity contribution is 5.95. The Kier molecular flexibility index (Phi) is 5.30. The number of Topliss-reactive ketones (excluding diaryl/α,β-unsaturated/α-hetero) is 1. The summed E-state index contributed by atoms with van der Waals surface area (Å²) in [6.07, 6.45) is -3.50. The number of ketones is 1. The van der Waals surface area contributed by atoms with Crippen molar-refractivity contribution in [2.45, 2.75) is 46.4 Å². The smallest absolute Gasteiger partial charge is 0.434 e. The van der Waals surface area contributed by atoms with Crippen LogP contribution in [0.1, 0.15) is 49.3 Å². The van der Waals surface area contributed by atoms with Gasteiger partial charge in [-0.25, -0.2) is 14.5 Å². The normalized spacial score (nSPS) is 12.0. The van der Waals surface area contributed by atoms with Gasteiger partial charge >= 0.3 is 12.3 Å². The fourth-order valence-electron chi connectivity index (χ4n) is 2.34. The molecule has 0 fully saturated rings. The lowest BCUT2D eigenvalue weighted by atomic mass is 10.1. The van der Waals surface area contributed by atoms with E-state index in [1.165, 1.54) is 19.2 Å². The second-order valence-corrected chi connectivity index (χ2v) is 6.80. The van der Waals surface area contributed by atoms with Crippen molar-refractivity contribution in [3.05, 3.63) is 35.3 Å². The number of halogens is 3. The third-order valence-corrected chi connectivity index (χ3v) is 3.44. The van der Waals surface area contributed by atoms with Gasteiger partial charge in [-0.05, 0) is 40.7 Å². The number of rotatable bonds is 3. The van der Waals surface area contributed by atoms with Gasteiger partial charge in [0.1, 0.15) is 11.4 Å². The van der Waals surface area contributed by atoms with E-state index in [9.17, 15) is 22.8 Å². The number of carbonyl (C=O) groups is 2. The molecule has 0 radical (unpaired) electrons. The van der Waals surface area contributed by atoms with E-state index in [0.717, 1.165) is 13.1 Å². The number of nitrogens with one attached hydrogen (secondary N) is 1. The van der Waals surface area contributed by atoms with Crippen molar-refractivity contribution >= 4 is 17.7 Å².